The first kappa shape index (κ1) is 34.7. The number of likely N-dealkylation sites (tertiary alicyclic amines) is 1. The first-order chi connectivity index (χ1) is 20.2. The molecule has 0 unspecified atom stereocenters. The molecular formula is C27H28Cl3F3N4O5S. The second-order valence-corrected chi connectivity index (χ2v) is 12.2. The summed E-state index contributed by atoms with van der Waals surface area (Å²) in [6.07, 6.45) is 0.230. The monoisotopic (exact) mass is 682 g/mol. The number of nitrogens with zero attached hydrogens (tertiary/aromatic N) is 2. The molecule has 0 saturated carbocycles. The molecule has 3 aromatic rings. The summed E-state index contributed by atoms with van der Waals surface area (Å²) in [7, 11) is -4.00. The van der Waals surface area contributed by atoms with Gasteiger partial charge >= 0.3 is 12.1 Å². The molecule has 0 atom stereocenters. The van der Waals surface area contributed by atoms with Crippen molar-refractivity contribution in [2.75, 3.05) is 30.9 Å². The number of pyridine rings is 1. The lowest BCUT2D eigenvalue weighted by molar-refractivity contribution is -0.192. The number of sulfonamides is 1. The van der Waals surface area contributed by atoms with Crippen LogP contribution in [0.25, 0.3) is 0 Å². The van der Waals surface area contributed by atoms with Crippen LogP contribution < -0.4 is 14.8 Å². The lowest BCUT2D eigenvalue weighted by atomic mass is 10.1. The van der Waals surface area contributed by atoms with Crippen LogP contribution in [-0.2, 0) is 21.4 Å². The van der Waals surface area contributed by atoms with Crippen molar-refractivity contribution >= 4 is 56.5 Å². The molecule has 1 saturated heterocycles. The quantitative estimate of drug-likeness (QED) is 0.199. The number of benzene rings is 2. The van der Waals surface area contributed by atoms with Crippen LogP contribution in [0.5, 0.6) is 11.6 Å². The van der Waals surface area contributed by atoms with Gasteiger partial charge in [0.2, 0.25) is 5.88 Å². The SMILES string of the molecule is O=C(O)C(F)(F)F.O=S(=O)(Nc1cc(Cl)cnc1Oc1ccc(CNCCN2CCCCC2)cc1)c1ccc(Cl)c(Cl)c1. The molecule has 43 heavy (non-hydrogen) atoms. The van der Waals surface area contributed by atoms with Gasteiger partial charge in [-0.2, -0.15) is 13.2 Å². The van der Waals surface area contributed by atoms with E-state index in [-0.39, 0.29) is 31.5 Å². The molecule has 2 heterocycles. The number of hydrogen-bond acceptors (Lipinski definition) is 7. The average molecular weight is 684 g/mol. The maximum atomic E-state index is 12.9. The van der Waals surface area contributed by atoms with Crippen LogP contribution in [0.2, 0.25) is 15.1 Å². The Morgan fingerprint density at radius 1 is 1.00 bits per heavy atom. The molecule has 0 aliphatic carbocycles. The molecule has 0 amide bonds. The van der Waals surface area contributed by atoms with Crippen LogP contribution in [0.1, 0.15) is 24.8 Å². The zero-order valence-electron chi connectivity index (χ0n) is 22.5. The summed E-state index contributed by atoms with van der Waals surface area (Å²) >= 11 is 18.0. The van der Waals surface area contributed by atoms with Crippen LogP contribution in [0.15, 0.2) is 59.6 Å². The first-order valence-corrected chi connectivity index (χ1v) is 15.5. The minimum absolute atomic E-state index is 0.0556. The average Bonchev–Trinajstić information content (AvgIpc) is 2.95. The smallest absolute Gasteiger partial charge is 0.475 e. The van der Waals surface area contributed by atoms with Gasteiger partial charge in [-0.3, -0.25) is 4.72 Å². The molecule has 1 aromatic heterocycles. The number of halogens is 6. The van der Waals surface area contributed by atoms with Gasteiger partial charge < -0.3 is 20.1 Å². The van der Waals surface area contributed by atoms with Crippen molar-refractivity contribution in [1.82, 2.24) is 15.2 Å². The number of nitrogens with one attached hydrogen (secondary N) is 2. The van der Waals surface area contributed by atoms with E-state index in [0.717, 1.165) is 25.2 Å². The lowest BCUT2D eigenvalue weighted by Crippen LogP contribution is -2.35. The number of carboxylic acids is 1. The fourth-order valence-electron chi connectivity index (χ4n) is 3.87. The molecule has 3 N–H and O–H groups in total. The summed E-state index contributed by atoms with van der Waals surface area (Å²) < 4.78 is 65.9. The van der Waals surface area contributed by atoms with Crippen molar-refractivity contribution in [2.24, 2.45) is 0 Å². The van der Waals surface area contributed by atoms with E-state index < -0.39 is 22.2 Å². The van der Waals surface area contributed by atoms with E-state index in [1.54, 1.807) is 0 Å². The van der Waals surface area contributed by atoms with Crippen LogP contribution in [0, 0.1) is 0 Å². The Kier molecular flexibility index (Phi) is 12.7. The van der Waals surface area contributed by atoms with Gasteiger partial charge in [-0.15, -0.1) is 0 Å². The van der Waals surface area contributed by atoms with Crippen LogP contribution >= 0.6 is 34.8 Å². The van der Waals surface area contributed by atoms with Crippen LogP contribution in [0.4, 0.5) is 18.9 Å². The number of ether oxygens (including phenoxy) is 1. The van der Waals surface area contributed by atoms with E-state index in [4.69, 9.17) is 49.4 Å². The van der Waals surface area contributed by atoms with Gasteiger partial charge in [0.25, 0.3) is 10.0 Å². The molecule has 1 aliphatic heterocycles. The van der Waals surface area contributed by atoms with E-state index in [2.05, 4.69) is 19.9 Å². The maximum Gasteiger partial charge on any atom is 0.490 e. The summed E-state index contributed by atoms with van der Waals surface area (Å²) in [6, 6.07) is 13.0. The summed E-state index contributed by atoms with van der Waals surface area (Å²) in [6.45, 7) is 5.14. The normalized spacial score (nSPS) is 14.0. The number of carbonyl (C=O) groups is 1. The summed E-state index contributed by atoms with van der Waals surface area (Å²) in [5.41, 5.74) is 1.21. The van der Waals surface area contributed by atoms with Crippen molar-refractivity contribution in [3.63, 3.8) is 0 Å². The van der Waals surface area contributed by atoms with Crippen molar-refractivity contribution in [2.45, 2.75) is 36.9 Å². The second-order valence-electron chi connectivity index (χ2n) is 9.32. The third-order valence-electron chi connectivity index (χ3n) is 6.03. The third-order valence-corrected chi connectivity index (χ3v) is 8.34. The van der Waals surface area contributed by atoms with Gasteiger partial charge in [0.15, 0.2) is 0 Å². The highest BCUT2D eigenvalue weighted by molar-refractivity contribution is 7.92. The highest BCUT2D eigenvalue weighted by Crippen LogP contribution is 2.32. The predicted molar refractivity (Wildman–Crippen MR) is 159 cm³/mol. The molecular weight excluding hydrogens is 656 g/mol. The molecule has 4 rings (SSSR count). The molecule has 9 nitrogen and oxygen atoms in total. The first-order valence-electron chi connectivity index (χ1n) is 12.9. The highest BCUT2D eigenvalue weighted by atomic mass is 35.5. The van der Waals surface area contributed by atoms with Crippen molar-refractivity contribution in [1.29, 1.82) is 0 Å². The zero-order valence-corrected chi connectivity index (χ0v) is 25.6. The molecule has 0 radical (unpaired) electrons. The largest absolute Gasteiger partial charge is 0.490 e. The number of aromatic nitrogens is 1. The van der Waals surface area contributed by atoms with Gasteiger partial charge in [-0.25, -0.2) is 18.2 Å². The van der Waals surface area contributed by atoms with E-state index in [0.29, 0.717) is 5.75 Å². The number of anilines is 1. The highest BCUT2D eigenvalue weighted by Gasteiger charge is 2.38. The van der Waals surface area contributed by atoms with Crippen LogP contribution in [0.3, 0.4) is 0 Å². The van der Waals surface area contributed by atoms with Crippen molar-refractivity contribution < 1.29 is 36.2 Å². The number of piperidine rings is 1. The number of alkyl halides is 3. The van der Waals surface area contributed by atoms with E-state index in [1.165, 1.54) is 62.8 Å². The van der Waals surface area contributed by atoms with Crippen molar-refractivity contribution in [3.05, 3.63) is 75.4 Å². The molecule has 0 bridgehead atoms. The molecule has 16 heteroatoms. The topological polar surface area (TPSA) is 121 Å². The van der Waals surface area contributed by atoms with E-state index in [1.807, 2.05) is 24.3 Å². The van der Waals surface area contributed by atoms with Crippen LogP contribution in [-0.4, -0.2) is 61.7 Å². The third kappa shape index (κ3) is 11.3. The van der Waals surface area contributed by atoms with Gasteiger partial charge in [-0.05, 0) is 67.9 Å². The Morgan fingerprint density at radius 2 is 1.65 bits per heavy atom. The Bertz CT molecular complexity index is 1490. The van der Waals surface area contributed by atoms with Gasteiger partial charge in [0.1, 0.15) is 11.4 Å². The van der Waals surface area contributed by atoms with Crippen molar-refractivity contribution in [3.8, 4) is 11.6 Å². The number of carboxylic acid groups (broad SMARTS) is 1. The summed E-state index contributed by atoms with van der Waals surface area (Å²) in [5.74, 6) is -2.18. The zero-order chi connectivity index (χ0) is 31.6. The number of hydrogen-bond donors (Lipinski definition) is 3. The summed E-state index contributed by atoms with van der Waals surface area (Å²) in [5, 5.41) is 11.2. The predicted octanol–water partition coefficient (Wildman–Crippen LogP) is 6.84. The van der Waals surface area contributed by atoms with E-state index >= 15 is 0 Å². The van der Waals surface area contributed by atoms with Gasteiger partial charge in [0, 0.05) is 25.8 Å². The Balaban J connectivity index is 0.000000646. The minimum atomic E-state index is -5.08. The van der Waals surface area contributed by atoms with E-state index in [9.17, 15) is 21.6 Å². The number of aliphatic carboxylic acids is 1. The second kappa shape index (κ2) is 15.8. The Hall–Kier alpha value is -2.81. The lowest BCUT2D eigenvalue weighted by Gasteiger charge is -2.26. The van der Waals surface area contributed by atoms with Gasteiger partial charge in [0.05, 0.1) is 20.0 Å². The fraction of sp³-hybridized carbons (Fsp3) is 0.333. The molecule has 0 spiro atoms. The maximum absolute atomic E-state index is 12.9. The minimum Gasteiger partial charge on any atom is -0.475 e. The Morgan fingerprint density at radius 3 is 2.26 bits per heavy atom. The number of rotatable bonds is 10. The molecule has 234 valence electrons. The Labute approximate surface area is 262 Å². The fourth-order valence-corrected chi connectivity index (χ4v) is 5.46. The molecule has 1 fully saturated rings. The molecule has 1 aliphatic rings. The standard InChI is InChI=1S/C25H27Cl3N4O3S.C2HF3O2/c26-19-14-24(31-36(33,34)21-8-9-22(27)23(28)15-21)25(30-17-19)35-20-6-4-18(5-7-20)16-29-10-13-32-11-2-1-3-12-32;3-2(4,5)1(6)7/h4-9,14-15,17,29,31H,1-3,10-13,16H2;(H,6,7). The summed E-state index contributed by atoms with van der Waals surface area (Å²) in [4.78, 5) is 15.5. The molecule has 2 aromatic carbocycles. The van der Waals surface area contributed by atoms with Gasteiger partial charge in [-0.1, -0.05) is 53.4 Å².